The van der Waals surface area contributed by atoms with Gasteiger partial charge in [0.25, 0.3) is 0 Å². The fourth-order valence-electron chi connectivity index (χ4n) is 1.89. The number of rotatable bonds is 0. The summed E-state index contributed by atoms with van der Waals surface area (Å²) in [6, 6.07) is 12.6. The van der Waals surface area contributed by atoms with Gasteiger partial charge in [0, 0.05) is 22.3 Å². The van der Waals surface area contributed by atoms with Gasteiger partial charge in [-0.1, -0.05) is 40.2 Å². The lowest BCUT2D eigenvalue weighted by Crippen LogP contribution is -1.79. The summed E-state index contributed by atoms with van der Waals surface area (Å²) in [6.45, 7) is 0. The number of halogens is 1. The molecule has 0 saturated carbocycles. The van der Waals surface area contributed by atoms with Gasteiger partial charge in [0.1, 0.15) is 0 Å². The summed E-state index contributed by atoms with van der Waals surface area (Å²) in [6.07, 6.45) is 3.75. The highest BCUT2D eigenvalue weighted by Gasteiger charge is 2.01. The van der Waals surface area contributed by atoms with Gasteiger partial charge in [-0.2, -0.15) is 0 Å². The van der Waals surface area contributed by atoms with Gasteiger partial charge >= 0.3 is 0 Å². The minimum atomic E-state index is 1.13. The first-order valence-electron chi connectivity index (χ1n) is 4.77. The summed E-state index contributed by atoms with van der Waals surface area (Å²) >= 11 is 3.56. The highest BCUT2D eigenvalue weighted by atomic mass is 79.9. The fourth-order valence-corrected chi connectivity index (χ4v) is 2.39. The largest absolute Gasteiger partial charge is 0.264 e. The van der Waals surface area contributed by atoms with Crippen molar-refractivity contribution in [1.29, 1.82) is 0 Å². The van der Waals surface area contributed by atoms with Crippen LogP contribution in [0.3, 0.4) is 0 Å². The lowest BCUT2D eigenvalue weighted by Gasteiger charge is -2.04. The van der Waals surface area contributed by atoms with Crippen LogP contribution in [-0.4, -0.2) is 4.98 Å². The molecule has 2 aromatic carbocycles. The summed E-state index contributed by atoms with van der Waals surface area (Å²) in [5.74, 6) is 0. The van der Waals surface area contributed by atoms with E-state index >= 15 is 0 Å². The molecule has 3 rings (SSSR count). The highest BCUT2D eigenvalue weighted by Crippen LogP contribution is 2.29. The second kappa shape index (κ2) is 3.31. The molecule has 1 heterocycles. The Bertz CT molecular complexity index is 646. The number of aromatic nitrogens is 1. The van der Waals surface area contributed by atoms with Crippen molar-refractivity contribution in [2.75, 3.05) is 0 Å². The monoisotopic (exact) mass is 257 g/mol. The normalized spacial score (nSPS) is 11.0. The Balaban J connectivity index is 2.60. The van der Waals surface area contributed by atoms with Crippen molar-refractivity contribution >= 4 is 37.5 Å². The zero-order valence-corrected chi connectivity index (χ0v) is 9.53. The molecule has 3 aromatic rings. The van der Waals surface area contributed by atoms with Crippen molar-refractivity contribution in [3.63, 3.8) is 0 Å². The molecule has 0 radical (unpaired) electrons. The standard InChI is InChI=1S/C13H8BrN/c14-13-3-1-2-10-11(13)5-4-9-6-7-15-8-12(9)10/h1-8H. The Morgan fingerprint density at radius 2 is 1.80 bits per heavy atom. The average molecular weight is 258 g/mol. The molecule has 2 heteroatoms. The molecular formula is C13H8BrN. The van der Waals surface area contributed by atoms with Gasteiger partial charge in [0.15, 0.2) is 0 Å². The highest BCUT2D eigenvalue weighted by molar-refractivity contribution is 9.10. The van der Waals surface area contributed by atoms with Gasteiger partial charge in [-0.3, -0.25) is 4.98 Å². The van der Waals surface area contributed by atoms with Gasteiger partial charge in [-0.05, 0) is 28.3 Å². The van der Waals surface area contributed by atoms with E-state index in [4.69, 9.17) is 0 Å². The third-order valence-electron chi connectivity index (χ3n) is 2.63. The molecule has 0 amide bonds. The van der Waals surface area contributed by atoms with Crippen LogP contribution in [0.25, 0.3) is 21.5 Å². The van der Waals surface area contributed by atoms with Gasteiger partial charge in [0.2, 0.25) is 0 Å². The molecule has 0 aliphatic carbocycles. The SMILES string of the molecule is Brc1cccc2c1ccc1ccncc12. The van der Waals surface area contributed by atoms with Crippen molar-refractivity contribution in [1.82, 2.24) is 4.98 Å². The summed E-state index contributed by atoms with van der Waals surface area (Å²) in [4.78, 5) is 4.18. The maximum absolute atomic E-state index is 4.18. The molecule has 0 atom stereocenters. The molecule has 0 bridgehead atoms. The Morgan fingerprint density at radius 3 is 2.73 bits per heavy atom. The quantitative estimate of drug-likeness (QED) is 0.552. The summed E-state index contributed by atoms with van der Waals surface area (Å²) in [5.41, 5.74) is 0. The van der Waals surface area contributed by atoms with Crippen molar-refractivity contribution in [3.05, 3.63) is 53.3 Å². The molecule has 1 aromatic heterocycles. The predicted molar refractivity (Wildman–Crippen MR) is 66.9 cm³/mol. The molecule has 0 aliphatic heterocycles. The molecule has 1 nitrogen and oxygen atoms in total. The van der Waals surface area contributed by atoms with Crippen LogP contribution in [0.5, 0.6) is 0 Å². The van der Waals surface area contributed by atoms with Crippen molar-refractivity contribution in [2.24, 2.45) is 0 Å². The summed E-state index contributed by atoms with van der Waals surface area (Å²) < 4.78 is 1.13. The van der Waals surface area contributed by atoms with E-state index in [0.717, 1.165) is 4.47 Å². The van der Waals surface area contributed by atoms with E-state index in [-0.39, 0.29) is 0 Å². The summed E-state index contributed by atoms with van der Waals surface area (Å²) in [7, 11) is 0. The van der Waals surface area contributed by atoms with Crippen LogP contribution in [0.15, 0.2) is 53.3 Å². The topological polar surface area (TPSA) is 12.9 Å². The van der Waals surface area contributed by atoms with Crippen LogP contribution in [0, 0.1) is 0 Å². The van der Waals surface area contributed by atoms with E-state index in [0.29, 0.717) is 0 Å². The van der Waals surface area contributed by atoms with Crippen molar-refractivity contribution < 1.29 is 0 Å². The first-order chi connectivity index (χ1) is 7.36. The van der Waals surface area contributed by atoms with Crippen LogP contribution in [0.1, 0.15) is 0 Å². The van der Waals surface area contributed by atoms with Crippen LogP contribution >= 0.6 is 15.9 Å². The van der Waals surface area contributed by atoms with E-state index < -0.39 is 0 Å². The minimum absolute atomic E-state index is 1.13. The van der Waals surface area contributed by atoms with Gasteiger partial charge in [-0.25, -0.2) is 0 Å². The summed E-state index contributed by atoms with van der Waals surface area (Å²) in [5, 5.41) is 4.92. The zero-order valence-electron chi connectivity index (χ0n) is 7.94. The molecular weight excluding hydrogens is 250 g/mol. The Kier molecular flexibility index (Phi) is 1.96. The zero-order chi connectivity index (χ0) is 10.3. The number of fused-ring (bicyclic) bond motifs is 3. The molecule has 0 fully saturated rings. The molecule has 72 valence electrons. The maximum Gasteiger partial charge on any atom is 0.0352 e. The maximum atomic E-state index is 4.18. The van der Waals surface area contributed by atoms with Gasteiger partial charge < -0.3 is 0 Å². The molecule has 0 N–H and O–H groups in total. The Morgan fingerprint density at radius 1 is 0.867 bits per heavy atom. The van der Waals surface area contributed by atoms with Gasteiger partial charge in [-0.15, -0.1) is 0 Å². The Labute approximate surface area is 95.9 Å². The lowest BCUT2D eigenvalue weighted by atomic mass is 10.0. The number of benzene rings is 2. The molecule has 0 spiro atoms. The Hall–Kier alpha value is -1.41. The van der Waals surface area contributed by atoms with E-state index in [1.807, 2.05) is 18.5 Å². The third-order valence-corrected chi connectivity index (χ3v) is 3.32. The molecule has 0 aliphatic rings. The van der Waals surface area contributed by atoms with Gasteiger partial charge in [0.05, 0.1) is 0 Å². The van der Waals surface area contributed by atoms with E-state index in [2.05, 4.69) is 51.2 Å². The third kappa shape index (κ3) is 1.33. The average Bonchev–Trinajstić information content (AvgIpc) is 2.29. The number of hydrogen-bond donors (Lipinski definition) is 0. The first-order valence-corrected chi connectivity index (χ1v) is 5.56. The predicted octanol–water partition coefficient (Wildman–Crippen LogP) is 4.15. The molecule has 0 unspecified atom stereocenters. The molecule has 15 heavy (non-hydrogen) atoms. The lowest BCUT2D eigenvalue weighted by molar-refractivity contribution is 1.37. The van der Waals surface area contributed by atoms with Crippen molar-refractivity contribution in [2.45, 2.75) is 0 Å². The van der Waals surface area contributed by atoms with Crippen LogP contribution in [0.2, 0.25) is 0 Å². The number of nitrogens with zero attached hydrogens (tertiary/aromatic N) is 1. The first kappa shape index (κ1) is 8.86. The van der Waals surface area contributed by atoms with E-state index in [9.17, 15) is 0 Å². The van der Waals surface area contributed by atoms with E-state index in [1.54, 1.807) is 0 Å². The van der Waals surface area contributed by atoms with Crippen LogP contribution in [-0.2, 0) is 0 Å². The van der Waals surface area contributed by atoms with Crippen LogP contribution in [0.4, 0.5) is 0 Å². The van der Waals surface area contributed by atoms with Crippen LogP contribution < -0.4 is 0 Å². The number of hydrogen-bond acceptors (Lipinski definition) is 1. The second-order valence-corrected chi connectivity index (χ2v) is 4.35. The van der Waals surface area contributed by atoms with E-state index in [1.165, 1.54) is 21.5 Å². The smallest absolute Gasteiger partial charge is 0.0352 e. The minimum Gasteiger partial charge on any atom is -0.264 e. The number of pyridine rings is 1. The molecule has 0 saturated heterocycles. The fraction of sp³-hybridized carbons (Fsp3) is 0. The van der Waals surface area contributed by atoms with Crippen molar-refractivity contribution in [3.8, 4) is 0 Å². The second-order valence-electron chi connectivity index (χ2n) is 3.50.